The number of Topliss-reactive ketones (excluding diaryl/α,β-unsaturated/α-hetero) is 1. The van der Waals surface area contributed by atoms with Crippen LogP contribution in [0.1, 0.15) is 78.0 Å². The lowest BCUT2D eigenvalue weighted by Gasteiger charge is -2.60. The van der Waals surface area contributed by atoms with Crippen LogP contribution in [-0.4, -0.2) is 166 Å². The van der Waals surface area contributed by atoms with Crippen LogP contribution in [0.4, 0.5) is 0 Å². The van der Waals surface area contributed by atoms with Crippen LogP contribution in [0.25, 0.3) is 6.08 Å². The van der Waals surface area contributed by atoms with Gasteiger partial charge < -0.3 is 79.9 Å². The number of aromatic hydroxyl groups is 1. The molecule has 0 spiro atoms. The highest BCUT2D eigenvalue weighted by molar-refractivity contribution is 5.95. The van der Waals surface area contributed by atoms with Gasteiger partial charge in [-0.1, -0.05) is 32.1 Å². The SMILES string of the molecule is CC(=O)OC(C)(C)C=CC(O)C(C)(O)C1C(O)CC2(C)C3C=Cc4c(cc(O)c(OC5OC(COC6OC(CO)C(O)C(O)C6O)C(O)C(O)C5O)c4C)C3(C)C(=O)CC12C. The van der Waals surface area contributed by atoms with Gasteiger partial charge in [0.2, 0.25) is 6.29 Å². The summed E-state index contributed by atoms with van der Waals surface area (Å²) in [6.07, 6.45) is -12.8. The van der Waals surface area contributed by atoms with E-state index in [4.69, 9.17) is 23.7 Å². The van der Waals surface area contributed by atoms with Gasteiger partial charge >= 0.3 is 5.97 Å². The molecule has 0 bridgehead atoms. The minimum Gasteiger partial charge on any atom is -0.504 e. The molecule has 0 radical (unpaired) electrons. The van der Waals surface area contributed by atoms with Crippen LogP contribution in [0.3, 0.4) is 0 Å². The predicted octanol–water partition coefficient (Wildman–Crippen LogP) is -1.02. The Labute approximate surface area is 353 Å². The lowest BCUT2D eigenvalue weighted by atomic mass is 9.42. The number of allylic oxidation sites excluding steroid dienone is 1. The lowest BCUT2D eigenvalue weighted by molar-refractivity contribution is -0.323. The minimum atomic E-state index is -1.94. The summed E-state index contributed by atoms with van der Waals surface area (Å²) >= 11 is 0. The van der Waals surface area contributed by atoms with Gasteiger partial charge in [0.25, 0.3) is 0 Å². The van der Waals surface area contributed by atoms with E-state index in [1.165, 1.54) is 32.1 Å². The quantitative estimate of drug-likeness (QED) is 0.0937. The van der Waals surface area contributed by atoms with Gasteiger partial charge in [0.05, 0.1) is 30.3 Å². The Morgan fingerprint density at radius 1 is 0.934 bits per heavy atom. The van der Waals surface area contributed by atoms with Crippen LogP contribution in [0.15, 0.2) is 24.3 Å². The Hall–Kier alpha value is -3.08. The normalized spacial score (nSPS) is 42.7. The zero-order chi connectivity index (χ0) is 45.5. The number of benzene rings is 1. The Morgan fingerprint density at radius 2 is 1.52 bits per heavy atom. The molecule has 0 amide bonds. The number of aliphatic hydroxyl groups excluding tert-OH is 9. The summed E-state index contributed by atoms with van der Waals surface area (Å²) in [5.74, 6) is -2.94. The lowest BCUT2D eigenvalue weighted by Crippen LogP contribution is -2.63. The molecule has 0 aromatic heterocycles. The second-order valence-electron chi connectivity index (χ2n) is 18.9. The van der Waals surface area contributed by atoms with Crippen LogP contribution < -0.4 is 4.74 Å². The number of ketones is 1. The summed E-state index contributed by atoms with van der Waals surface area (Å²) in [4.78, 5) is 26.3. The first-order valence-corrected chi connectivity index (χ1v) is 20.5. The van der Waals surface area contributed by atoms with E-state index in [0.717, 1.165) is 0 Å². The van der Waals surface area contributed by atoms with Crippen LogP contribution in [0, 0.1) is 29.6 Å². The molecule has 18 heteroatoms. The van der Waals surface area contributed by atoms with Crippen LogP contribution in [0.2, 0.25) is 0 Å². The van der Waals surface area contributed by atoms with Gasteiger partial charge in [-0.25, -0.2) is 0 Å². The van der Waals surface area contributed by atoms with Gasteiger partial charge in [-0.05, 0) is 81.1 Å². The molecule has 2 heterocycles. The average Bonchev–Trinajstić information content (AvgIpc) is 3.38. The number of hydrogen-bond donors (Lipinski definition) is 11. The molecular formula is C43H62O18. The number of ether oxygens (including phenoxy) is 5. The van der Waals surface area contributed by atoms with Gasteiger partial charge in [0.1, 0.15) is 66.3 Å². The molecule has 2 saturated heterocycles. The molecule has 18 nitrogen and oxygen atoms in total. The second kappa shape index (κ2) is 16.5. The van der Waals surface area contributed by atoms with Gasteiger partial charge in [-0.2, -0.15) is 0 Å². The van der Waals surface area contributed by atoms with Crippen molar-refractivity contribution >= 4 is 17.8 Å². The maximum atomic E-state index is 14.7. The zero-order valence-electron chi connectivity index (χ0n) is 35.6. The fourth-order valence-corrected chi connectivity index (χ4v) is 11.0. The van der Waals surface area contributed by atoms with Crippen LogP contribution in [-0.2, 0) is 34.0 Å². The van der Waals surface area contributed by atoms with Gasteiger partial charge in [-0.3, -0.25) is 9.59 Å². The fraction of sp³-hybridized carbons (Fsp3) is 0.721. The molecule has 1 aromatic rings. The van der Waals surface area contributed by atoms with Crippen molar-refractivity contribution in [1.29, 1.82) is 0 Å². The number of phenolic OH excluding ortho intramolecular Hbond substituents is 1. The minimum absolute atomic E-state index is 0.107. The predicted molar refractivity (Wildman–Crippen MR) is 211 cm³/mol. The zero-order valence-corrected chi connectivity index (χ0v) is 35.6. The monoisotopic (exact) mass is 866 g/mol. The molecule has 18 unspecified atom stereocenters. The number of carbonyl (C=O) groups excluding carboxylic acids is 2. The largest absolute Gasteiger partial charge is 0.504 e. The number of esters is 1. The van der Waals surface area contributed by atoms with E-state index in [-0.39, 0.29) is 24.4 Å². The van der Waals surface area contributed by atoms with E-state index in [9.17, 15) is 65.8 Å². The molecule has 61 heavy (non-hydrogen) atoms. The number of carbonyl (C=O) groups is 2. The molecular weight excluding hydrogens is 804 g/mol. The maximum absolute atomic E-state index is 14.7. The third-order valence-corrected chi connectivity index (χ3v) is 14.5. The standard InChI is InChI=1S/C43H62O18/c1-18-20-9-10-26-40(5)14-23(47)36(43(8,56)27(48)11-12-39(3,4)61-19(2)45)41(40,6)15-28(49)42(26,7)21(20)13-22(46)35(18)60-38-34(55)32(53)30(51)25(59-38)17-57-37-33(54)31(52)29(50)24(16-44)58-37/h9-13,23-27,29-34,36-38,44,46-48,50-56H,14-17H2,1-8H3. The second-order valence-corrected chi connectivity index (χ2v) is 18.9. The molecule has 11 N–H and O–H groups in total. The van der Waals surface area contributed by atoms with Crippen molar-refractivity contribution in [3.05, 3.63) is 41.0 Å². The first-order valence-electron chi connectivity index (χ1n) is 20.5. The molecule has 5 aliphatic rings. The van der Waals surface area contributed by atoms with Gasteiger partial charge in [0, 0.05) is 24.8 Å². The highest BCUT2D eigenvalue weighted by atomic mass is 16.7. The molecule has 6 rings (SSSR count). The molecule has 342 valence electrons. The summed E-state index contributed by atoms with van der Waals surface area (Å²) in [6, 6.07) is 1.39. The maximum Gasteiger partial charge on any atom is 0.303 e. The van der Waals surface area contributed by atoms with E-state index in [1.807, 2.05) is 19.9 Å². The highest BCUT2D eigenvalue weighted by Crippen LogP contribution is 2.71. The smallest absolute Gasteiger partial charge is 0.303 e. The summed E-state index contributed by atoms with van der Waals surface area (Å²) in [5.41, 5.74) is -4.90. The Kier molecular flexibility index (Phi) is 12.8. The highest BCUT2D eigenvalue weighted by Gasteiger charge is 2.73. The third-order valence-electron chi connectivity index (χ3n) is 14.5. The van der Waals surface area contributed by atoms with Crippen molar-refractivity contribution in [2.24, 2.45) is 22.7 Å². The van der Waals surface area contributed by atoms with Gasteiger partial charge in [-0.15, -0.1) is 0 Å². The van der Waals surface area contributed by atoms with Crippen molar-refractivity contribution in [2.45, 2.75) is 158 Å². The third kappa shape index (κ3) is 7.74. The van der Waals surface area contributed by atoms with Crippen molar-refractivity contribution in [1.82, 2.24) is 0 Å². The number of fused-ring (bicyclic) bond motifs is 5. The van der Waals surface area contributed by atoms with E-state index in [0.29, 0.717) is 16.7 Å². The number of hydrogen-bond acceptors (Lipinski definition) is 18. The molecule has 4 fully saturated rings. The topological polar surface area (TPSA) is 303 Å². The average molecular weight is 867 g/mol. The number of phenols is 1. The molecule has 2 aliphatic heterocycles. The first kappa shape index (κ1) is 47.4. The van der Waals surface area contributed by atoms with Crippen molar-refractivity contribution < 1.29 is 89.4 Å². The van der Waals surface area contributed by atoms with Crippen molar-refractivity contribution in [2.75, 3.05) is 13.2 Å². The summed E-state index contributed by atoms with van der Waals surface area (Å²) in [7, 11) is 0. The molecule has 2 saturated carbocycles. The Bertz CT molecular complexity index is 1900. The fourth-order valence-electron chi connectivity index (χ4n) is 11.0. The summed E-state index contributed by atoms with van der Waals surface area (Å²) in [5, 5.41) is 119. The van der Waals surface area contributed by atoms with E-state index >= 15 is 0 Å². The molecule has 18 atom stereocenters. The van der Waals surface area contributed by atoms with E-state index in [1.54, 1.807) is 33.8 Å². The number of aliphatic hydroxyl groups is 10. The van der Waals surface area contributed by atoms with Gasteiger partial charge in [0.15, 0.2) is 17.8 Å². The van der Waals surface area contributed by atoms with E-state index in [2.05, 4.69) is 0 Å². The van der Waals surface area contributed by atoms with Crippen LogP contribution >= 0.6 is 0 Å². The molecule has 1 aromatic carbocycles. The van der Waals surface area contributed by atoms with Crippen molar-refractivity contribution in [3.63, 3.8) is 0 Å². The number of rotatable bonds is 11. The van der Waals surface area contributed by atoms with Crippen molar-refractivity contribution in [3.8, 4) is 11.5 Å². The first-order chi connectivity index (χ1) is 28.2. The summed E-state index contributed by atoms with van der Waals surface area (Å²) in [6.45, 7) is 11.8. The van der Waals surface area contributed by atoms with E-state index < -0.39 is 138 Å². The van der Waals surface area contributed by atoms with Crippen LogP contribution in [0.5, 0.6) is 11.5 Å². The Morgan fingerprint density at radius 3 is 2.13 bits per heavy atom. The Balaban J connectivity index is 1.26. The summed E-state index contributed by atoms with van der Waals surface area (Å²) < 4.78 is 27.9. The molecule has 3 aliphatic carbocycles.